The van der Waals surface area contributed by atoms with E-state index in [1.165, 1.54) is 0 Å². The van der Waals surface area contributed by atoms with E-state index >= 15 is 0 Å². The van der Waals surface area contributed by atoms with E-state index in [2.05, 4.69) is 65.8 Å². The molecule has 1 amide bonds. The summed E-state index contributed by atoms with van der Waals surface area (Å²) < 4.78 is 0. The lowest BCUT2D eigenvalue weighted by atomic mass is 9.95. The van der Waals surface area contributed by atoms with Crippen molar-refractivity contribution in [2.75, 3.05) is 32.5 Å². The van der Waals surface area contributed by atoms with Crippen molar-refractivity contribution in [3.8, 4) is 0 Å². The molecular weight excluding hydrogens is 362 g/mol. The lowest BCUT2D eigenvalue weighted by Crippen LogP contribution is -2.41. The highest BCUT2D eigenvalue weighted by molar-refractivity contribution is 5.94. The first-order valence-corrected chi connectivity index (χ1v) is 10.4. The van der Waals surface area contributed by atoms with Gasteiger partial charge in [-0.3, -0.25) is 4.79 Å². The topological polar surface area (TPSA) is 60.5 Å². The standard InChI is InChI=1S/C23H33N5O/c1-16(2)28-10-8-18(9-11-28)23(29)26-22-13-21-12-19(6-7-20(21)14-25-22)17(3)15-27(5)24-4/h6-7,12-16,18,24H,8-11H2,1-5H3,(H,25,26,29)/b17-15+. The van der Waals surface area contributed by atoms with Crippen molar-refractivity contribution in [1.82, 2.24) is 20.3 Å². The first-order chi connectivity index (χ1) is 13.9. The number of hydrogen-bond donors (Lipinski definition) is 2. The van der Waals surface area contributed by atoms with Crippen LogP contribution in [0.25, 0.3) is 16.3 Å². The second-order valence-corrected chi connectivity index (χ2v) is 8.17. The van der Waals surface area contributed by atoms with Gasteiger partial charge in [-0.25, -0.2) is 10.4 Å². The monoisotopic (exact) mass is 395 g/mol. The number of likely N-dealkylation sites (tertiary alicyclic amines) is 1. The number of carbonyl (C=O) groups is 1. The van der Waals surface area contributed by atoms with Crippen molar-refractivity contribution in [3.05, 3.63) is 42.2 Å². The Bertz CT molecular complexity index is 884. The number of aromatic nitrogens is 1. The number of amides is 1. The number of piperidine rings is 1. The van der Waals surface area contributed by atoms with Crippen LogP contribution in [0.2, 0.25) is 0 Å². The Morgan fingerprint density at radius 3 is 2.62 bits per heavy atom. The van der Waals surface area contributed by atoms with Gasteiger partial charge in [-0.15, -0.1) is 0 Å². The molecule has 2 aromatic rings. The number of rotatable bonds is 6. The molecule has 6 nitrogen and oxygen atoms in total. The molecule has 0 spiro atoms. The van der Waals surface area contributed by atoms with Crippen LogP contribution in [0.5, 0.6) is 0 Å². The Kier molecular flexibility index (Phi) is 6.87. The minimum absolute atomic E-state index is 0.0658. The number of hydrazine groups is 1. The van der Waals surface area contributed by atoms with E-state index in [-0.39, 0.29) is 11.8 Å². The number of nitrogens with zero attached hydrogens (tertiary/aromatic N) is 3. The van der Waals surface area contributed by atoms with Gasteiger partial charge in [0.05, 0.1) is 0 Å². The molecule has 1 aromatic heterocycles. The van der Waals surface area contributed by atoms with Gasteiger partial charge >= 0.3 is 0 Å². The Balaban J connectivity index is 1.72. The van der Waals surface area contributed by atoms with Crippen molar-refractivity contribution >= 4 is 28.1 Å². The Morgan fingerprint density at radius 1 is 1.24 bits per heavy atom. The van der Waals surface area contributed by atoms with E-state index in [1.807, 2.05) is 31.4 Å². The summed E-state index contributed by atoms with van der Waals surface area (Å²) in [6, 6.07) is 8.82. The second kappa shape index (κ2) is 9.37. The summed E-state index contributed by atoms with van der Waals surface area (Å²) in [7, 11) is 3.85. The van der Waals surface area contributed by atoms with Gasteiger partial charge in [-0.1, -0.05) is 12.1 Å². The first kappa shape index (κ1) is 21.3. The van der Waals surface area contributed by atoms with Crippen molar-refractivity contribution in [2.24, 2.45) is 5.92 Å². The molecule has 156 valence electrons. The second-order valence-electron chi connectivity index (χ2n) is 8.17. The van der Waals surface area contributed by atoms with Crippen LogP contribution < -0.4 is 10.7 Å². The van der Waals surface area contributed by atoms with Crippen LogP contribution in [0.15, 0.2) is 36.7 Å². The summed E-state index contributed by atoms with van der Waals surface area (Å²) in [5.74, 6) is 0.777. The fourth-order valence-electron chi connectivity index (χ4n) is 3.79. The fraction of sp³-hybridized carbons (Fsp3) is 0.478. The fourth-order valence-corrected chi connectivity index (χ4v) is 3.79. The van der Waals surface area contributed by atoms with E-state index in [0.29, 0.717) is 11.9 Å². The maximum absolute atomic E-state index is 12.7. The van der Waals surface area contributed by atoms with Crippen molar-refractivity contribution in [2.45, 2.75) is 39.7 Å². The summed E-state index contributed by atoms with van der Waals surface area (Å²) in [4.78, 5) is 19.6. The highest BCUT2D eigenvalue weighted by Crippen LogP contribution is 2.24. The summed E-state index contributed by atoms with van der Waals surface area (Å²) in [5, 5.41) is 7.09. The van der Waals surface area contributed by atoms with Crippen LogP contribution in [0, 0.1) is 5.92 Å². The Morgan fingerprint density at radius 2 is 1.97 bits per heavy atom. The molecule has 0 bridgehead atoms. The number of anilines is 1. The van der Waals surface area contributed by atoms with Gasteiger partial charge in [0, 0.05) is 43.8 Å². The van der Waals surface area contributed by atoms with E-state index in [9.17, 15) is 4.79 Å². The molecule has 1 aliphatic rings. The zero-order valence-corrected chi connectivity index (χ0v) is 18.2. The number of allylic oxidation sites excluding steroid dienone is 1. The van der Waals surface area contributed by atoms with Crippen molar-refractivity contribution in [1.29, 1.82) is 0 Å². The van der Waals surface area contributed by atoms with Crippen LogP contribution in [0.3, 0.4) is 0 Å². The summed E-state index contributed by atoms with van der Waals surface area (Å²) in [6.07, 6.45) is 5.69. The van der Waals surface area contributed by atoms with E-state index in [0.717, 1.165) is 47.8 Å². The Labute approximate surface area is 173 Å². The van der Waals surface area contributed by atoms with Crippen LogP contribution in [-0.2, 0) is 4.79 Å². The summed E-state index contributed by atoms with van der Waals surface area (Å²) >= 11 is 0. The molecule has 0 saturated carbocycles. The molecule has 6 heteroatoms. The van der Waals surface area contributed by atoms with E-state index < -0.39 is 0 Å². The van der Waals surface area contributed by atoms with Gasteiger partial charge in [0.25, 0.3) is 0 Å². The molecule has 1 aliphatic heterocycles. The third kappa shape index (κ3) is 5.34. The largest absolute Gasteiger partial charge is 0.319 e. The maximum Gasteiger partial charge on any atom is 0.228 e. The number of nitrogens with one attached hydrogen (secondary N) is 2. The number of pyridine rings is 1. The zero-order chi connectivity index (χ0) is 21.0. The molecular formula is C23H33N5O. The molecule has 2 N–H and O–H groups in total. The SMILES string of the molecule is CNN(C)/C=C(\C)c1ccc2cnc(NC(=O)C3CCN(C(C)C)CC3)cc2c1. The minimum Gasteiger partial charge on any atom is -0.319 e. The molecule has 0 atom stereocenters. The molecule has 2 heterocycles. The molecule has 0 aliphatic carbocycles. The molecule has 3 rings (SSSR count). The summed E-state index contributed by atoms with van der Waals surface area (Å²) in [5.41, 5.74) is 5.37. The lowest BCUT2D eigenvalue weighted by molar-refractivity contribution is -0.121. The quantitative estimate of drug-likeness (QED) is 0.730. The smallest absolute Gasteiger partial charge is 0.228 e. The average Bonchev–Trinajstić information content (AvgIpc) is 2.73. The van der Waals surface area contributed by atoms with Gasteiger partial charge in [-0.2, -0.15) is 0 Å². The normalized spacial score (nSPS) is 16.4. The van der Waals surface area contributed by atoms with Crippen LogP contribution in [0.1, 0.15) is 39.2 Å². The lowest BCUT2D eigenvalue weighted by Gasteiger charge is -2.33. The number of carbonyl (C=O) groups excluding carboxylic acids is 1. The summed E-state index contributed by atoms with van der Waals surface area (Å²) in [6.45, 7) is 8.47. The van der Waals surface area contributed by atoms with Gasteiger partial charge in [0.2, 0.25) is 5.91 Å². The van der Waals surface area contributed by atoms with Gasteiger partial charge < -0.3 is 15.2 Å². The van der Waals surface area contributed by atoms with Crippen molar-refractivity contribution in [3.63, 3.8) is 0 Å². The third-order valence-electron chi connectivity index (χ3n) is 5.80. The number of hydrogen-bond acceptors (Lipinski definition) is 5. The predicted molar refractivity (Wildman–Crippen MR) is 120 cm³/mol. The molecule has 1 fully saturated rings. The van der Waals surface area contributed by atoms with Crippen LogP contribution >= 0.6 is 0 Å². The van der Waals surface area contributed by atoms with Gasteiger partial charge in [-0.05, 0) is 75.4 Å². The van der Waals surface area contributed by atoms with E-state index in [4.69, 9.17) is 0 Å². The first-order valence-electron chi connectivity index (χ1n) is 10.4. The molecule has 0 unspecified atom stereocenters. The highest BCUT2D eigenvalue weighted by Gasteiger charge is 2.26. The van der Waals surface area contributed by atoms with Gasteiger partial charge in [0.1, 0.15) is 5.82 Å². The molecule has 1 saturated heterocycles. The third-order valence-corrected chi connectivity index (χ3v) is 5.80. The minimum atomic E-state index is 0.0658. The molecule has 29 heavy (non-hydrogen) atoms. The number of fused-ring (bicyclic) bond motifs is 1. The highest BCUT2D eigenvalue weighted by atomic mass is 16.1. The van der Waals surface area contributed by atoms with E-state index in [1.54, 1.807) is 0 Å². The average molecular weight is 396 g/mol. The Hall–Kier alpha value is -2.44. The number of benzene rings is 1. The molecule has 1 aromatic carbocycles. The van der Waals surface area contributed by atoms with Crippen LogP contribution in [0.4, 0.5) is 5.82 Å². The zero-order valence-electron chi connectivity index (χ0n) is 18.2. The predicted octanol–water partition coefficient (Wildman–Crippen LogP) is 3.72. The molecule has 0 radical (unpaired) electrons. The van der Waals surface area contributed by atoms with Gasteiger partial charge in [0.15, 0.2) is 0 Å². The van der Waals surface area contributed by atoms with Crippen molar-refractivity contribution < 1.29 is 4.79 Å². The maximum atomic E-state index is 12.7. The van der Waals surface area contributed by atoms with Crippen LogP contribution in [-0.4, -0.2) is 54.0 Å².